The standard InChI is InChI=1S/C18H30N2O/c1-14(2)16-6-8-17(9-7-16)18(21)13-19-12-15(3)20-10-4-5-11-20/h6-9,14-15,18-19,21H,4-5,10-13H2,1-3H3. The fourth-order valence-corrected chi connectivity index (χ4v) is 2.96. The van der Waals surface area contributed by atoms with Crippen molar-refractivity contribution in [2.24, 2.45) is 0 Å². The Kier molecular flexibility index (Phi) is 6.22. The van der Waals surface area contributed by atoms with E-state index in [2.05, 4.69) is 43.1 Å². The lowest BCUT2D eigenvalue weighted by atomic mass is 10.00. The molecule has 2 N–H and O–H groups in total. The largest absolute Gasteiger partial charge is 0.387 e. The highest BCUT2D eigenvalue weighted by molar-refractivity contribution is 5.26. The van der Waals surface area contributed by atoms with Gasteiger partial charge in [-0.05, 0) is 49.9 Å². The molecule has 118 valence electrons. The summed E-state index contributed by atoms with van der Waals surface area (Å²) in [5.41, 5.74) is 2.32. The fraction of sp³-hybridized carbons (Fsp3) is 0.667. The first-order valence-corrected chi connectivity index (χ1v) is 8.30. The molecule has 0 radical (unpaired) electrons. The van der Waals surface area contributed by atoms with E-state index in [1.807, 2.05) is 12.1 Å². The summed E-state index contributed by atoms with van der Waals surface area (Å²) in [4.78, 5) is 2.52. The molecule has 0 saturated carbocycles. The average Bonchev–Trinajstić information content (AvgIpc) is 3.01. The molecule has 1 saturated heterocycles. The Morgan fingerprint density at radius 2 is 1.57 bits per heavy atom. The zero-order valence-corrected chi connectivity index (χ0v) is 13.7. The highest BCUT2D eigenvalue weighted by Crippen LogP contribution is 2.18. The maximum Gasteiger partial charge on any atom is 0.0914 e. The number of likely N-dealkylation sites (tertiary alicyclic amines) is 1. The van der Waals surface area contributed by atoms with E-state index < -0.39 is 6.10 Å². The second-order valence-corrected chi connectivity index (χ2v) is 6.59. The van der Waals surface area contributed by atoms with Gasteiger partial charge in [0.1, 0.15) is 0 Å². The van der Waals surface area contributed by atoms with Gasteiger partial charge < -0.3 is 10.4 Å². The van der Waals surface area contributed by atoms with Gasteiger partial charge in [-0.25, -0.2) is 0 Å². The SMILES string of the molecule is CC(C)c1ccc(C(O)CNCC(C)N2CCCC2)cc1. The van der Waals surface area contributed by atoms with Gasteiger partial charge in [-0.15, -0.1) is 0 Å². The maximum absolute atomic E-state index is 10.3. The lowest BCUT2D eigenvalue weighted by Crippen LogP contribution is -2.39. The molecule has 2 unspecified atom stereocenters. The van der Waals surface area contributed by atoms with Crippen LogP contribution < -0.4 is 5.32 Å². The van der Waals surface area contributed by atoms with E-state index in [1.165, 1.54) is 31.5 Å². The van der Waals surface area contributed by atoms with Crippen LogP contribution in [0.2, 0.25) is 0 Å². The van der Waals surface area contributed by atoms with Crippen LogP contribution >= 0.6 is 0 Å². The van der Waals surface area contributed by atoms with Crippen molar-refractivity contribution in [3.63, 3.8) is 0 Å². The van der Waals surface area contributed by atoms with Crippen LogP contribution in [0.15, 0.2) is 24.3 Å². The summed E-state index contributed by atoms with van der Waals surface area (Å²) in [7, 11) is 0. The van der Waals surface area contributed by atoms with Crippen LogP contribution in [0.25, 0.3) is 0 Å². The van der Waals surface area contributed by atoms with Gasteiger partial charge in [0, 0.05) is 19.1 Å². The number of nitrogens with zero attached hydrogens (tertiary/aromatic N) is 1. The van der Waals surface area contributed by atoms with Crippen molar-refractivity contribution < 1.29 is 5.11 Å². The van der Waals surface area contributed by atoms with Crippen molar-refractivity contribution >= 4 is 0 Å². The van der Waals surface area contributed by atoms with Gasteiger partial charge in [0.2, 0.25) is 0 Å². The zero-order chi connectivity index (χ0) is 15.2. The third-order valence-electron chi connectivity index (χ3n) is 4.53. The lowest BCUT2D eigenvalue weighted by Gasteiger charge is -2.24. The molecule has 1 aliphatic rings. The number of aliphatic hydroxyl groups is 1. The van der Waals surface area contributed by atoms with Gasteiger partial charge in [0.05, 0.1) is 6.10 Å². The molecule has 1 aliphatic heterocycles. The smallest absolute Gasteiger partial charge is 0.0914 e. The van der Waals surface area contributed by atoms with E-state index in [4.69, 9.17) is 0 Å². The van der Waals surface area contributed by atoms with E-state index >= 15 is 0 Å². The van der Waals surface area contributed by atoms with Gasteiger partial charge in [0.25, 0.3) is 0 Å². The minimum Gasteiger partial charge on any atom is -0.387 e. The summed E-state index contributed by atoms with van der Waals surface area (Å²) in [6, 6.07) is 8.89. The number of hydrogen-bond donors (Lipinski definition) is 2. The Hall–Kier alpha value is -0.900. The number of rotatable bonds is 7. The molecule has 1 aromatic rings. The van der Waals surface area contributed by atoms with Gasteiger partial charge in [-0.2, -0.15) is 0 Å². The van der Waals surface area contributed by atoms with E-state index in [1.54, 1.807) is 0 Å². The van der Waals surface area contributed by atoms with E-state index in [0.29, 0.717) is 18.5 Å². The van der Waals surface area contributed by atoms with Gasteiger partial charge in [0.15, 0.2) is 0 Å². The van der Waals surface area contributed by atoms with Gasteiger partial charge >= 0.3 is 0 Å². The molecule has 2 atom stereocenters. The van der Waals surface area contributed by atoms with Crippen molar-refractivity contribution in [2.45, 2.75) is 51.7 Å². The zero-order valence-electron chi connectivity index (χ0n) is 13.7. The third-order valence-corrected chi connectivity index (χ3v) is 4.53. The average molecular weight is 290 g/mol. The molecular weight excluding hydrogens is 260 g/mol. The number of nitrogens with one attached hydrogen (secondary N) is 1. The van der Waals surface area contributed by atoms with Crippen LogP contribution in [0.4, 0.5) is 0 Å². The summed E-state index contributed by atoms with van der Waals surface area (Å²) in [6.07, 6.45) is 2.24. The van der Waals surface area contributed by atoms with Crippen molar-refractivity contribution in [1.29, 1.82) is 0 Å². The molecule has 2 rings (SSSR count). The topological polar surface area (TPSA) is 35.5 Å². The van der Waals surface area contributed by atoms with E-state index in [-0.39, 0.29) is 0 Å². The summed E-state index contributed by atoms with van der Waals surface area (Å²) in [5.74, 6) is 0.538. The quantitative estimate of drug-likeness (QED) is 0.810. The predicted octanol–water partition coefficient (Wildman–Crippen LogP) is 2.92. The summed E-state index contributed by atoms with van der Waals surface area (Å²) < 4.78 is 0. The molecule has 21 heavy (non-hydrogen) atoms. The Morgan fingerprint density at radius 3 is 2.14 bits per heavy atom. The van der Waals surface area contributed by atoms with Gasteiger partial charge in [-0.3, -0.25) is 4.90 Å². The maximum atomic E-state index is 10.3. The first kappa shape index (κ1) is 16.5. The van der Waals surface area contributed by atoms with Crippen molar-refractivity contribution in [3.05, 3.63) is 35.4 Å². The van der Waals surface area contributed by atoms with Crippen LogP contribution in [0.5, 0.6) is 0 Å². The second-order valence-electron chi connectivity index (χ2n) is 6.59. The molecule has 3 heteroatoms. The molecule has 0 aromatic heterocycles. The summed E-state index contributed by atoms with van der Waals surface area (Å²) in [6.45, 7) is 10.7. The molecule has 1 fully saturated rings. The van der Waals surface area contributed by atoms with E-state index in [0.717, 1.165) is 12.1 Å². The minimum atomic E-state index is -0.419. The highest BCUT2D eigenvalue weighted by Gasteiger charge is 2.17. The first-order chi connectivity index (χ1) is 10.1. The Bertz CT molecular complexity index is 410. The van der Waals surface area contributed by atoms with Crippen LogP contribution in [0.3, 0.4) is 0 Å². The molecule has 0 aliphatic carbocycles. The van der Waals surface area contributed by atoms with Crippen LogP contribution in [0.1, 0.15) is 56.8 Å². The van der Waals surface area contributed by atoms with Crippen LogP contribution in [-0.2, 0) is 0 Å². The fourth-order valence-electron chi connectivity index (χ4n) is 2.96. The number of benzene rings is 1. The molecule has 0 bridgehead atoms. The highest BCUT2D eigenvalue weighted by atomic mass is 16.3. The number of aliphatic hydroxyl groups excluding tert-OH is 1. The molecule has 3 nitrogen and oxygen atoms in total. The Labute approximate surface area is 129 Å². The van der Waals surface area contributed by atoms with Crippen molar-refractivity contribution in [3.8, 4) is 0 Å². The molecule has 1 aromatic carbocycles. The predicted molar refractivity (Wildman–Crippen MR) is 88.6 cm³/mol. The van der Waals surface area contributed by atoms with E-state index in [9.17, 15) is 5.11 Å². The summed E-state index contributed by atoms with van der Waals surface area (Å²) >= 11 is 0. The lowest BCUT2D eigenvalue weighted by molar-refractivity contribution is 0.167. The monoisotopic (exact) mass is 290 g/mol. The number of hydrogen-bond acceptors (Lipinski definition) is 3. The Balaban J connectivity index is 1.74. The van der Waals surface area contributed by atoms with Crippen LogP contribution in [0, 0.1) is 0 Å². The molecule has 0 spiro atoms. The summed E-state index contributed by atoms with van der Waals surface area (Å²) in [5, 5.41) is 13.7. The molecular formula is C18H30N2O. The Morgan fingerprint density at radius 1 is 1.00 bits per heavy atom. The van der Waals surface area contributed by atoms with Crippen LogP contribution in [-0.4, -0.2) is 42.2 Å². The normalized spacial score (nSPS) is 19.1. The van der Waals surface area contributed by atoms with Gasteiger partial charge in [-0.1, -0.05) is 38.1 Å². The second kappa shape index (κ2) is 7.92. The minimum absolute atomic E-state index is 0.419. The third kappa shape index (κ3) is 4.80. The molecule has 0 amide bonds. The first-order valence-electron chi connectivity index (χ1n) is 8.30. The van der Waals surface area contributed by atoms with Crippen molar-refractivity contribution in [1.82, 2.24) is 10.2 Å². The van der Waals surface area contributed by atoms with Crippen molar-refractivity contribution in [2.75, 3.05) is 26.2 Å². The molecule has 1 heterocycles.